The summed E-state index contributed by atoms with van der Waals surface area (Å²) in [6.45, 7) is 8.01. The van der Waals surface area contributed by atoms with Crippen LogP contribution >= 0.6 is 0 Å². The molecule has 0 amide bonds. The molecule has 420 valence electrons. The van der Waals surface area contributed by atoms with Gasteiger partial charge in [0.15, 0.2) is 0 Å². The lowest BCUT2D eigenvalue weighted by Crippen LogP contribution is -2.36. The van der Waals surface area contributed by atoms with Gasteiger partial charge in [-0.25, -0.2) is 0 Å². The number of aromatic amines is 4. The van der Waals surface area contributed by atoms with Crippen molar-refractivity contribution in [3.8, 4) is 23.0 Å². The SMILES string of the molecule is CCCCCCCCOc1ccc(C2=c3ccc([nH]3)=C(c3ccc(OCCCN(C)C)cc3)c3ccc([nH]3)C(c3ccc(OCCC[N+](C)(C)C)cc3)=c3ccc([nH]3)=C(c3ccc(OCCC[N+](C)(C)C)cc3)c3ccc2[nH]3)cc1. The molecule has 0 atom stereocenters. The molecule has 0 unspecified atom stereocenters. The van der Waals surface area contributed by atoms with Gasteiger partial charge in [0.25, 0.3) is 0 Å². The predicted molar refractivity (Wildman–Crippen MR) is 327 cm³/mol. The van der Waals surface area contributed by atoms with Gasteiger partial charge in [-0.15, -0.1) is 0 Å². The van der Waals surface area contributed by atoms with Crippen LogP contribution in [-0.2, 0) is 0 Å². The van der Waals surface area contributed by atoms with E-state index in [0.29, 0.717) is 26.4 Å². The molecule has 4 aromatic carbocycles. The Morgan fingerprint density at radius 2 is 0.613 bits per heavy atom. The summed E-state index contributed by atoms with van der Waals surface area (Å²) in [4.78, 5) is 18.0. The van der Waals surface area contributed by atoms with Crippen molar-refractivity contribution in [3.05, 3.63) is 212 Å². The van der Waals surface area contributed by atoms with Gasteiger partial charge in [0.1, 0.15) is 23.0 Å². The number of aromatic nitrogens is 4. The highest BCUT2D eigenvalue weighted by Gasteiger charge is 2.20. The number of quaternary nitrogens is 2. The van der Waals surface area contributed by atoms with Crippen LogP contribution < -0.4 is 40.3 Å². The van der Waals surface area contributed by atoms with E-state index in [2.05, 4.69) is 234 Å². The Hall–Kier alpha value is -7.44. The van der Waals surface area contributed by atoms with Crippen LogP contribution in [-0.4, -0.2) is 136 Å². The number of hydrogen-bond acceptors (Lipinski definition) is 5. The molecular formula is C69H87N7O4+2. The molecule has 5 heterocycles. The fourth-order valence-electron chi connectivity index (χ4n) is 10.5. The summed E-state index contributed by atoms with van der Waals surface area (Å²) in [6, 6.07) is 51.9. The first kappa shape index (κ1) is 57.3. The van der Waals surface area contributed by atoms with Crippen molar-refractivity contribution in [1.82, 2.24) is 24.8 Å². The summed E-state index contributed by atoms with van der Waals surface area (Å²) in [7, 11) is 17.5. The molecule has 0 aliphatic carbocycles. The van der Waals surface area contributed by atoms with Crippen molar-refractivity contribution in [1.29, 1.82) is 0 Å². The number of nitrogens with zero attached hydrogens (tertiary/aromatic N) is 3. The topological polar surface area (TPSA) is 103 Å². The Kier molecular flexibility index (Phi) is 19.1. The Balaban J connectivity index is 1.19. The standard InChI is InChI=1S/C69H87N7O4/c1-10-11-12-13-14-15-46-77-54-27-19-50(20-28-54)66-58-35-37-60(70-58)67(51-21-29-55(30-22-51)78-47-16-43-74(2)3)61-38-40-63(72-61)69(53-25-33-57(34-26-53)80-49-18-45-76(7,8)9)65-42-41-64(73-65)68(62-39-36-59(66)71-62)52-23-31-56(32-24-52)79-48-17-44-75(4,5)6/h19-42,70-73H,10-18,43-49H2,1-9H3/q+2. The van der Waals surface area contributed by atoms with Crippen molar-refractivity contribution >= 4 is 22.3 Å². The lowest BCUT2D eigenvalue weighted by molar-refractivity contribution is -0.870. The van der Waals surface area contributed by atoms with Gasteiger partial charge in [-0.3, -0.25) is 0 Å². The first-order chi connectivity index (χ1) is 38.7. The molecule has 0 fully saturated rings. The monoisotopic (exact) mass is 1080 g/mol. The van der Waals surface area contributed by atoms with Gasteiger partial charge in [-0.1, -0.05) is 87.6 Å². The van der Waals surface area contributed by atoms with Crippen molar-refractivity contribution < 1.29 is 27.9 Å². The zero-order chi connectivity index (χ0) is 56.1. The van der Waals surface area contributed by atoms with E-state index in [4.69, 9.17) is 18.9 Å². The molecule has 8 bridgehead atoms. The number of nitrogens with one attached hydrogen (secondary N) is 4. The van der Waals surface area contributed by atoms with E-state index in [9.17, 15) is 0 Å². The second kappa shape index (κ2) is 26.7. The van der Waals surface area contributed by atoms with Crippen LogP contribution in [0.3, 0.4) is 0 Å². The van der Waals surface area contributed by atoms with Crippen molar-refractivity contribution in [2.45, 2.75) is 64.7 Å². The number of H-pyrrole nitrogens is 4. The summed E-state index contributed by atoms with van der Waals surface area (Å²) in [6.07, 6.45) is 10.3. The first-order valence-corrected chi connectivity index (χ1v) is 29.1. The number of rotatable bonds is 27. The van der Waals surface area contributed by atoms with Crippen LogP contribution in [0.5, 0.6) is 23.0 Å². The molecule has 1 aliphatic heterocycles. The molecule has 8 aromatic rings. The minimum absolute atomic E-state index is 0.653. The van der Waals surface area contributed by atoms with Crippen molar-refractivity contribution in [2.75, 3.05) is 102 Å². The fourth-order valence-corrected chi connectivity index (χ4v) is 10.5. The lowest BCUT2D eigenvalue weighted by atomic mass is 10.0. The third-order valence-corrected chi connectivity index (χ3v) is 14.7. The van der Waals surface area contributed by atoms with Gasteiger partial charge in [0.2, 0.25) is 0 Å². The molecule has 11 nitrogen and oxygen atoms in total. The van der Waals surface area contributed by atoms with E-state index >= 15 is 0 Å². The highest BCUT2D eigenvalue weighted by molar-refractivity contribution is 5.85. The summed E-state index contributed by atoms with van der Waals surface area (Å²) >= 11 is 0. The molecule has 9 rings (SSSR count). The quantitative estimate of drug-likeness (QED) is 0.0304. The molecule has 0 saturated carbocycles. The average molecular weight is 1080 g/mol. The molecule has 0 saturated heterocycles. The van der Waals surface area contributed by atoms with E-state index in [0.717, 1.165) is 166 Å². The Bertz CT molecular complexity index is 3490. The second-order valence-corrected chi connectivity index (χ2v) is 23.8. The van der Waals surface area contributed by atoms with Gasteiger partial charge in [-0.2, -0.15) is 0 Å². The van der Waals surface area contributed by atoms with Gasteiger partial charge in [0, 0.05) is 85.9 Å². The zero-order valence-electron chi connectivity index (χ0n) is 49.1. The van der Waals surface area contributed by atoms with E-state index in [1.807, 2.05) is 0 Å². The molecule has 0 spiro atoms. The minimum Gasteiger partial charge on any atom is -0.494 e. The minimum atomic E-state index is 0.653. The summed E-state index contributed by atoms with van der Waals surface area (Å²) < 4.78 is 27.0. The summed E-state index contributed by atoms with van der Waals surface area (Å²) in [5.74, 6) is 3.44. The van der Waals surface area contributed by atoms with Crippen LogP contribution in [0.25, 0.3) is 22.3 Å². The Morgan fingerprint density at radius 1 is 0.325 bits per heavy atom. The maximum atomic E-state index is 6.32. The van der Waals surface area contributed by atoms with Crippen LogP contribution in [0.1, 0.15) is 110 Å². The van der Waals surface area contributed by atoms with E-state index < -0.39 is 0 Å². The third kappa shape index (κ3) is 15.5. The normalized spacial score (nSPS) is 12.9. The lowest BCUT2D eigenvalue weighted by Gasteiger charge is -2.23. The number of ether oxygens (including phenoxy) is 4. The molecule has 80 heavy (non-hydrogen) atoms. The molecular weight excluding hydrogens is 991 g/mol. The maximum Gasteiger partial charge on any atom is 0.119 e. The van der Waals surface area contributed by atoms with Gasteiger partial charge < -0.3 is 52.7 Å². The third-order valence-electron chi connectivity index (χ3n) is 14.7. The summed E-state index contributed by atoms with van der Waals surface area (Å²) in [5, 5.41) is 3.91. The first-order valence-electron chi connectivity index (χ1n) is 29.1. The van der Waals surface area contributed by atoms with Gasteiger partial charge >= 0.3 is 0 Å². The number of unbranched alkanes of at least 4 members (excludes halogenated alkanes) is 5. The molecule has 11 heteroatoms. The van der Waals surface area contributed by atoms with E-state index in [1.54, 1.807) is 0 Å². The van der Waals surface area contributed by atoms with E-state index in [1.165, 1.54) is 32.1 Å². The largest absolute Gasteiger partial charge is 0.494 e. The number of fused-ring (bicyclic) bond motifs is 8. The Morgan fingerprint density at radius 3 is 0.912 bits per heavy atom. The smallest absolute Gasteiger partial charge is 0.119 e. The Labute approximate surface area is 475 Å². The zero-order valence-corrected chi connectivity index (χ0v) is 49.1. The van der Waals surface area contributed by atoms with Crippen LogP contribution in [0.2, 0.25) is 0 Å². The number of benzene rings is 4. The van der Waals surface area contributed by atoms with Crippen molar-refractivity contribution in [2.24, 2.45) is 0 Å². The highest BCUT2D eigenvalue weighted by Crippen LogP contribution is 2.31. The van der Waals surface area contributed by atoms with Gasteiger partial charge in [-0.05, 0) is 146 Å². The van der Waals surface area contributed by atoms with Crippen molar-refractivity contribution in [3.63, 3.8) is 0 Å². The molecule has 4 aromatic heterocycles. The number of hydrogen-bond donors (Lipinski definition) is 4. The molecule has 0 radical (unpaired) electrons. The average Bonchev–Trinajstić information content (AvgIpc) is 4.42. The fraction of sp³-hybridized carbons (Fsp3) is 0.362. The maximum absolute atomic E-state index is 6.32. The molecule has 1 aliphatic rings. The molecule has 4 N–H and O–H groups in total. The predicted octanol–water partition coefficient (Wildman–Crippen LogP) is 10.3. The van der Waals surface area contributed by atoms with E-state index in [-0.39, 0.29) is 0 Å². The van der Waals surface area contributed by atoms with Gasteiger partial charge in [0.05, 0.1) is 81.8 Å². The second-order valence-electron chi connectivity index (χ2n) is 23.8. The summed E-state index contributed by atoms with van der Waals surface area (Å²) in [5.41, 5.74) is 12.3. The highest BCUT2D eigenvalue weighted by atomic mass is 16.5. The van der Waals surface area contributed by atoms with Crippen LogP contribution in [0, 0.1) is 0 Å². The van der Waals surface area contributed by atoms with Crippen LogP contribution in [0.4, 0.5) is 0 Å². The van der Waals surface area contributed by atoms with Crippen LogP contribution in [0.15, 0.2) is 146 Å².